The van der Waals surface area contributed by atoms with Crippen LogP contribution in [-0.2, 0) is 11.2 Å². The fraction of sp³-hybridized carbons (Fsp3) is 0.222. The topological polar surface area (TPSA) is 96.3 Å². The Morgan fingerprint density at radius 3 is 2.33 bits per heavy atom. The maximum atomic E-state index is 12.4. The van der Waals surface area contributed by atoms with E-state index >= 15 is 0 Å². The van der Waals surface area contributed by atoms with E-state index in [0.717, 1.165) is 11.1 Å². The third kappa shape index (κ3) is 7.45. The average molecular weight is 510 g/mol. The summed E-state index contributed by atoms with van der Waals surface area (Å²) in [5, 5.41) is 18.9. The summed E-state index contributed by atoms with van der Waals surface area (Å²) in [6.07, 6.45) is -1.08. The molecule has 1 atom stereocenters. The number of alkyl halides is 3. The van der Waals surface area contributed by atoms with Crippen LogP contribution in [0.15, 0.2) is 42.5 Å². The number of nitrogens with one attached hydrogen (secondary N) is 3. The van der Waals surface area contributed by atoms with Gasteiger partial charge in [-0.15, -0.1) is 0 Å². The summed E-state index contributed by atoms with van der Waals surface area (Å²) < 4.78 is -1.92. The second-order valence-electron chi connectivity index (χ2n) is 6.22. The van der Waals surface area contributed by atoms with Gasteiger partial charge in [0.05, 0.1) is 22.1 Å². The Balaban J connectivity index is 2.03. The van der Waals surface area contributed by atoms with Crippen molar-refractivity contribution in [2.24, 2.45) is 0 Å². The van der Waals surface area contributed by atoms with Gasteiger partial charge in [-0.1, -0.05) is 76.2 Å². The highest BCUT2D eigenvalue weighted by molar-refractivity contribution is 7.80. The molecule has 0 aliphatic rings. The van der Waals surface area contributed by atoms with Gasteiger partial charge in [0.2, 0.25) is 9.70 Å². The van der Waals surface area contributed by atoms with Crippen molar-refractivity contribution in [1.82, 2.24) is 10.6 Å². The quantitative estimate of drug-likeness (QED) is 0.168. The second kappa shape index (κ2) is 10.5. The van der Waals surface area contributed by atoms with Gasteiger partial charge in [0, 0.05) is 12.1 Å². The zero-order chi connectivity index (χ0) is 22.5. The summed E-state index contributed by atoms with van der Waals surface area (Å²) in [7, 11) is 0. The molecule has 30 heavy (non-hydrogen) atoms. The first-order chi connectivity index (χ1) is 14.0. The van der Waals surface area contributed by atoms with Gasteiger partial charge in [-0.2, -0.15) is 0 Å². The lowest BCUT2D eigenvalue weighted by molar-refractivity contribution is -0.384. The fourth-order valence-electron chi connectivity index (χ4n) is 2.31. The molecule has 0 fully saturated rings. The minimum absolute atomic E-state index is 0.0160. The number of rotatable bonds is 6. The molecule has 0 aromatic heterocycles. The summed E-state index contributed by atoms with van der Waals surface area (Å²) in [4.78, 5) is 22.6. The van der Waals surface area contributed by atoms with Crippen LogP contribution in [0.4, 0.5) is 11.4 Å². The summed E-state index contributed by atoms with van der Waals surface area (Å²) in [5.74, 6) is -0.390. The Kier molecular flexibility index (Phi) is 8.52. The van der Waals surface area contributed by atoms with Crippen LogP contribution in [-0.4, -0.2) is 25.9 Å². The molecule has 160 valence electrons. The van der Waals surface area contributed by atoms with Gasteiger partial charge in [-0.3, -0.25) is 14.9 Å². The van der Waals surface area contributed by atoms with Gasteiger partial charge in [0.1, 0.15) is 6.17 Å². The number of non-ortho nitro benzene ring substituents is 1. The number of halogens is 4. The molecule has 0 radical (unpaired) electrons. The Morgan fingerprint density at radius 2 is 1.80 bits per heavy atom. The maximum Gasteiger partial charge on any atom is 0.271 e. The molecule has 1 amide bonds. The molecular formula is C18H16Cl4N4O3S. The van der Waals surface area contributed by atoms with Crippen molar-refractivity contribution in [3.63, 3.8) is 0 Å². The Hall–Kier alpha value is -1.84. The molecule has 0 aliphatic heterocycles. The van der Waals surface area contributed by atoms with E-state index in [-0.39, 0.29) is 28.2 Å². The van der Waals surface area contributed by atoms with Crippen LogP contribution in [0.1, 0.15) is 11.1 Å². The highest BCUT2D eigenvalue weighted by Gasteiger charge is 2.34. The third-order valence-corrected chi connectivity index (χ3v) is 4.99. The predicted molar refractivity (Wildman–Crippen MR) is 125 cm³/mol. The molecule has 2 rings (SSSR count). The van der Waals surface area contributed by atoms with Crippen molar-refractivity contribution in [3.8, 4) is 0 Å². The number of thiocarbonyl (C=S) groups is 1. The Morgan fingerprint density at radius 1 is 1.17 bits per heavy atom. The minimum atomic E-state index is -1.92. The number of hydrogen-bond donors (Lipinski definition) is 3. The zero-order valence-electron chi connectivity index (χ0n) is 15.4. The first-order valence-corrected chi connectivity index (χ1v) is 10.3. The predicted octanol–water partition coefficient (Wildman–Crippen LogP) is 4.90. The number of nitro benzene ring substituents is 1. The van der Waals surface area contributed by atoms with Crippen molar-refractivity contribution in [2.75, 3.05) is 5.32 Å². The van der Waals surface area contributed by atoms with E-state index in [1.54, 1.807) is 0 Å². The molecule has 0 saturated heterocycles. The van der Waals surface area contributed by atoms with Crippen molar-refractivity contribution >= 4 is 81.0 Å². The normalized spacial score (nSPS) is 12.0. The number of amides is 1. The number of hydrogen-bond acceptors (Lipinski definition) is 4. The third-order valence-electron chi connectivity index (χ3n) is 3.81. The number of carbonyl (C=O) groups is 1. The lowest BCUT2D eigenvalue weighted by Gasteiger charge is -2.28. The molecule has 2 aromatic carbocycles. The second-order valence-corrected chi connectivity index (χ2v) is 9.41. The number of benzene rings is 2. The molecule has 0 heterocycles. The molecule has 0 aliphatic carbocycles. The van der Waals surface area contributed by atoms with E-state index in [4.69, 9.17) is 58.6 Å². The van der Waals surface area contributed by atoms with Gasteiger partial charge >= 0.3 is 0 Å². The van der Waals surface area contributed by atoms with Crippen molar-refractivity contribution in [3.05, 3.63) is 68.7 Å². The van der Waals surface area contributed by atoms with Crippen LogP contribution in [0.2, 0.25) is 5.02 Å². The Bertz CT molecular complexity index is 951. The number of aryl methyl sites for hydroxylation is 1. The molecule has 0 bridgehead atoms. The molecule has 7 nitrogen and oxygen atoms in total. The number of anilines is 1. The van der Waals surface area contributed by atoms with Crippen LogP contribution >= 0.6 is 58.6 Å². The largest absolute Gasteiger partial charge is 0.339 e. The monoisotopic (exact) mass is 508 g/mol. The zero-order valence-corrected chi connectivity index (χ0v) is 19.3. The first-order valence-electron chi connectivity index (χ1n) is 8.39. The number of carbonyl (C=O) groups excluding carboxylic acids is 1. The SMILES string of the molecule is Cc1ccc(CC(=O)NC(NC(=S)Nc2ccc([N+](=O)[O-])cc2Cl)C(Cl)(Cl)Cl)cc1. The maximum absolute atomic E-state index is 12.4. The lowest BCUT2D eigenvalue weighted by Crippen LogP contribution is -2.56. The smallest absolute Gasteiger partial charge is 0.271 e. The number of nitrogens with zero attached hydrogens (tertiary/aromatic N) is 1. The summed E-state index contributed by atoms with van der Waals surface area (Å²) >= 11 is 29.1. The minimum Gasteiger partial charge on any atom is -0.339 e. The lowest BCUT2D eigenvalue weighted by atomic mass is 10.1. The average Bonchev–Trinajstić information content (AvgIpc) is 2.64. The summed E-state index contributed by atoms with van der Waals surface area (Å²) in [6, 6.07) is 11.2. The van der Waals surface area contributed by atoms with E-state index < -0.39 is 14.9 Å². The van der Waals surface area contributed by atoms with Gasteiger partial charge in [-0.25, -0.2) is 0 Å². The van der Waals surface area contributed by atoms with Gasteiger partial charge < -0.3 is 16.0 Å². The van der Waals surface area contributed by atoms with E-state index in [1.165, 1.54) is 18.2 Å². The van der Waals surface area contributed by atoms with Gasteiger partial charge in [0.25, 0.3) is 5.69 Å². The van der Waals surface area contributed by atoms with Crippen LogP contribution in [0, 0.1) is 17.0 Å². The summed E-state index contributed by atoms with van der Waals surface area (Å²) in [5.41, 5.74) is 1.99. The van der Waals surface area contributed by atoms with Crippen LogP contribution in [0.3, 0.4) is 0 Å². The fourth-order valence-corrected chi connectivity index (χ4v) is 3.09. The van der Waals surface area contributed by atoms with E-state index in [2.05, 4.69) is 16.0 Å². The molecular weight excluding hydrogens is 494 g/mol. The Labute approximate surface area is 198 Å². The van der Waals surface area contributed by atoms with Gasteiger partial charge in [0.15, 0.2) is 5.11 Å². The molecule has 2 aromatic rings. The van der Waals surface area contributed by atoms with Gasteiger partial charge in [-0.05, 0) is 30.8 Å². The standard InChI is InChI=1S/C18H16Cl4N4O3S/c1-10-2-4-11(5-3-10)8-15(27)24-16(18(20,21)22)25-17(30)23-14-7-6-12(26(28)29)9-13(14)19/h2-7,9,16H,8H2,1H3,(H,24,27)(H2,23,25,30). The van der Waals surface area contributed by atoms with Crippen LogP contribution in [0.5, 0.6) is 0 Å². The van der Waals surface area contributed by atoms with Crippen LogP contribution < -0.4 is 16.0 Å². The summed E-state index contributed by atoms with van der Waals surface area (Å²) in [6.45, 7) is 1.94. The number of nitro groups is 1. The molecule has 0 saturated carbocycles. The van der Waals surface area contributed by atoms with Crippen molar-refractivity contribution < 1.29 is 9.72 Å². The molecule has 12 heteroatoms. The van der Waals surface area contributed by atoms with E-state index in [0.29, 0.717) is 5.69 Å². The molecule has 1 unspecified atom stereocenters. The molecule has 3 N–H and O–H groups in total. The van der Waals surface area contributed by atoms with Crippen molar-refractivity contribution in [1.29, 1.82) is 0 Å². The van der Waals surface area contributed by atoms with Crippen LogP contribution in [0.25, 0.3) is 0 Å². The van der Waals surface area contributed by atoms with Crippen molar-refractivity contribution in [2.45, 2.75) is 23.3 Å². The van der Waals surface area contributed by atoms with E-state index in [9.17, 15) is 14.9 Å². The highest BCUT2D eigenvalue weighted by Crippen LogP contribution is 2.30. The first kappa shape index (κ1) is 24.4. The highest BCUT2D eigenvalue weighted by atomic mass is 35.6. The molecule has 0 spiro atoms. The van der Waals surface area contributed by atoms with E-state index in [1.807, 2.05) is 31.2 Å².